The van der Waals surface area contributed by atoms with Gasteiger partial charge in [-0.2, -0.15) is 0 Å². The molecule has 0 radical (unpaired) electrons. The van der Waals surface area contributed by atoms with Crippen molar-refractivity contribution >= 4 is 10.8 Å². The van der Waals surface area contributed by atoms with Crippen LogP contribution in [0.3, 0.4) is 0 Å². The molecule has 0 bridgehead atoms. The third-order valence-electron chi connectivity index (χ3n) is 4.94. The lowest BCUT2D eigenvalue weighted by Crippen LogP contribution is -1.97. The van der Waals surface area contributed by atoms with Crippen molar-refractivity contribution in [3.63, 3.8) is 0 Å². The molecule has 0 unspecified atom stereocenters. The van der Waals surface area contributed by atoms with Gasteiger partial charge in [0.25, 0.3) is 0 Å². The van der Waals surface area contributed by atoms with E-state index in [1.54, 1.807) is 11.1 Å². The van der Waals surface area contributed by atoms with Crippen LogP contribution in [0.4, 0.5) is 0 Å². The fourth-order valence-corrected chi connectivity index (χ4v) is 3.90. The van der Waals surface area contributed by atoms with Crippen LogP contribution in [0.15, 0.2) is 54.6 Å². The summed E-state index contributed by atoms with van der Waals surface area (Å²) < 4.78 is 0. The van der Waals surface area contributed by atoms with Gasteiger partial charge in [0, 0.05) is 0 Å². The molecule has 1 aliphatic rings. The summed E-state index contributed by atoms with van der Waals surface area (Å²) in [5, 5.41) is 2.71. The predicted octanol–water partition coefficient (Wildman–Crippen LogP) is 6.08. The maximum absolute atomic E-state index is 2.41. The van der Waals surface area contributed by atoms with E-state index in [1.807, 2.05) is 0 Å². The molecule has 0 nitrogen and oxygen atoms in total. The zero-order valence-electron chi connectivity index (χ0n) is 13.2. The van der Waals surface area contributed by atoms with Gasteiger partial charge in [-0.15, -0.1) is 0 Å². The summed E-state index contributed by atoms with van der Waals surface area (Å²) in [4.78, 5) is 0. The number of aryl methyl sites for hydroxylation is 2. The van der Waals surface area contributed by atoms with Crippen LogP contribution in [0.2, 0.25) is 0 Å². The molecular formula is C22H22. The quantitative estimate of drug-likeness (QED) is 0.475. The molecule has 0 spiro atoms. The van der Waals surface area contributed by atoms with Crippen LogP contribution in [0.5, 0.6) is 0 Å². The monoisotopic (exact) mass is 286 g/mol. The summed E-state index contributed by atoms with van der Waals surface area (Å²) >= 11 is 0. The van der Waals surface area contributed by atoms with E-state index in [1.165, 1.54) is 59.6 Å². The van der Waals surface area contributed by atoms with E-state index in [4.69, 9.17) is 0 Å². The van der Waals surface area contributed by atoms with Gasteiger partial charge in [-0.05, 0) is 65.6 Å². The number of hydrogen-bond acceptors (Lipinski definition) is 0. The summed E-state index contributed by atoms with van der Waals surface area (Å²) in [6.45, 7) is 2.24. The van der Waals surface area contributed by atoms with E-state index < -0.39 is 0 Å². The molecule has 0 aromatic heterocycles. The lowest BCUT2D eigenvalue weighted by atomic mass is 9.88. The molecule has 0 fully saturated rings. The predicted molar refractivity (Wildman–Crippen MR) is 95.4 cm³/mol. The second-order valence-electron chi connectivity index (χ2n) is 6.54. The lowest BCUT2D eigenvalue weighted by Gasteiger charge is -2.16. The second kappa shape index (κ2) is 5.61. The van der Waals surface area contributed by atoms with Crippen molar-refractivity contribution in [3.8, 4) is 11.1 Å². The Labute approximate surface area is 132 Å². The van der Waals surface area contributed by atoms with E-state index in [0.29, 0.717) is 0 Å². The largest absolute Gasteiger partial charge is 0.0616 e. The molecule has 3 aromatic rings. The summed E-state index contributed by atoms with van der Waals surface area (Å²) in [5.74, 6) is 0. The van der Waals surface area contributed by atoms with Gasteiger partial charge in [-0.25, -0.2) is 0 Å². The molecule has 0 heterocycles. The maximum Gasteiger partial charge on any atom is -0.0102 e. The number of benzene rings is 3. The normalized spacial score (nSPS) is 14.6. The van der Waals surface area contributed by atoms with Gasteiger partial charge >= 0.3 is 0 Å². The van der Waals surface area contributed by atoms with Gasteiger partial charge in [0.1, 0.15) is 0 Å². The highest BCUT2D eigenvalue weighted by Gasteiger charge is 2.15. The lowest BCUT2D eigenvalue weighted by molar-refractivity contribution is 0.712. The Morgan fingerprint density at radius 2 is 1.55 bits per heavy atom. The average molecular weight is 286 g/mol. The molecule has 22 heavy (non-hydrogen) atoms. The van der Waals surface area contributed by atoms with Crippen molar-refractivity contribution in [2.45, 2.75) is 39.0 Å². The molecule has 0 saturated heterocycles. The van der Waals surface area contributed by atoms with Crippen LogP contribution in [0.1, 0.15) is 36.0 Å². The van der Waals surface area contributed by atoms with E-state index in [2.05, 4.69) is 61.5 Å². The first-order valence-electron chi connectivity index (χ1n) is 8.43. The molecule has 1 aliphatic carbocycles. The van der Waals surface area contributed by atoms with Crippen molar-refractivity contribution < 1.29 is 0 Å². The maximum atomic E-state index is 2.41. The minimum absolute atomic E-state index is 1.23. The third-order valence-corrected chi connectivity index (χ3v) is 4.94. The summed E-state index contributed by atoms with van der Waals surface area (Å²) in [7, 11) is 0. The smallest absolute Gasteiger partial charge is 0.0102 e. The second-order valence-corrected chi connectivity index (χ2v) is 6.54. The zero-order valence-corrected chi connectivity index (χ0v) is 13.2. The van der Waals surface area contributed by atoms with Gasteiger partial charge < -0.3 is 0 Å². The summed E-state index contributed by atoms with van der Waals surface area (Å²) in [6, 6.07) is 20.3. The Morgan fingerprint density at radius 3 is 2.50 bits per heavy atom. The molecule has 3 aromatic carbocycles. The van der Waals surface area contributed by atoms with Crippen LogP contribution in [-0.4, -0.2) is 0 Å². The van der Waals surface area contributed by atoms with E-state index in [-0.39, 0.29) is 0 Å². The van der Waals surface area contributed by atoms with E-state index in [0.717, 1.165) is 0 Å². The Balaban J connectivity index is 2.00. The molecule has 0 amide bonds. The topological polar surface area (TPSA) is 0 Å². The molecule has 4 rings (SSSR count). The van der Waals surface area contributed by atoms with Crippen molar-refractivity contribution in [1.29, 1.82) is 0 Å². The van der Waals surface area contributed by atoms with Crippen LogP contribution < -0.4 is 0 Å². The number of rotatable bonds is 1. The first-order chi connectivity index (χ1) is 10.8. The number of hydrogen-bond donors (Lipinski definition) is 0. The SMILES string of the molecule is Cc1cc2c(c(-c3cccc4ccccc34)c1)CCCCC2. The molecule has 0 heteroatoms. The zero-order chi connectivity index (χ0) is 14.9. The number of fused-ring (bicyclic) bond motifs is 2. The van der Waals surface area contributed by atoms with Crippen molar-refractivity contribution in [3.05, 3.63) is 71.3 Å². The van der Waals surface area contributed by atoms with Gasteiger partial charge in [0.05, 0.1) is 0 Å². The molecule has 110 valence electrons. The Kier molecular flexibility index (Phi) is 3.46. The Bertz CT molecular complexity index is 821. The Morgan fingerprint density at radius 1 is 0.727 bits per heavy atom. The van der Waals surface area contributed by atoms with Crippen molar-refractivity contribution in [1.82, 2.24) is 0 Å². The van der Waals surface area contributed by atoms with Crippen molar-refractivity contribution in [2.24, 2.45) is 0 Å². The first kappa shape index (κ1) is 13.6. The van der Waals surface area contributed by atoms with E-state index in [9.17, 15) is 0 Å². The van der Waals surface area contributed by atoms with Gasteiger partial charge in [0.2, 0.25) is 0 Å². The third kappa shape index (κ3) is 2.33. The van der Waals surface area contributed by atoms with Crippen LogP contribution in [-0.2, 0) is 12.8 Å². The molecule has 0 saturated carbocycles. The summed E-state index contributed by atoms with van der Waals surface area (Å²) in [6.07, 6.45) is 6.50. The van der Waals surface area contributed by atoms with E-state index >= 15 is 0 Å². The fraction of sp³-hybridized carbons (Fsp3) is 0.273. The van der Waals surface area contributed by atoms with Crippen molar-refractivity contribution in [2.75, 3.05) is 0 Å². The summed E-state index contributed by atoms with van der Waals surface area (Å²) in [5.41, 5.74) is 7.44. The van der Waals surface area contributed by atoms with Crippen LogP contribution in [0, 0.1) is 6.92 Å². The molecule has 0 atom stereocenters. The van der Waals surface area contributed by atoms with Gasteiger partial charge in [0.15, 0.2) is 0 Å². The Hall–Kier alpha value is -2.08. The highest BCUT2D eigenvalue weighted by molar-refractivity contribution is 5.97. The van der Waals surface area contributed by atoms with Crippen LogP contribution >= 0.6 is 0 Å². The minimum Gasteiger partial charge on any atom is -0.0616 e. The highest BCUT2D eigenvalue weighted by Crippen LogP contribution is 2.36. The van der Waals surface area contributed by atoms with Crippen LogP contribution in [0.25, 0.3) is 21.9 Å². The first-order valence-corrected chi connectivity index (χ1v) is 8.43. The average Bonchev–Trinajstić information content (AvgIpc) is 2.79. The molecular weight excluding hydrogens is 264 g/mol. The molecule has 0 aliphatic heterocycles. The van der Waals surface area contributed by atoms with Gasteiger partial charge in [-0.1, -0.05) is 66.6 Å². The standard InChI is InChI=1S/C22H22/c1-16-14-18-9-3-2-4-11-20(18)22(15-16)21-13-7-10-17-8-5-6-12-19(17)21/h5-8,10,12-15H,2-4,9,11H2,1H3. The highest BCUT2D eigenvalue weighted by atomic mass is 14.2. The molecule has 0 N–H and O–H groups in total. The van der Waals surface area contributed by atoms with Gasteiger partial charge in [-0.3, -0.25) is 0 Å². The minimum atomic E-state index is 1.23. The fourth-order valence-electron chi connectivity index (χ4n) is 3.90.